The molecule has 4 nitrogen and oxygen atoms in total. The number of benzene rings is 1. The molecular formula is C19H22O4. The highest BCUT2D eigenvalue weighted by molar-refractivity contribution is 5.73. The molecule has 0 aliphatic heterocycles. The molecule has 1 aromatic carbocycles. The van der Waals surface area contributed by atoms with Crippen molar-refractivity contribution in [3.63, 3.8) is 0 Å². The molecule has 4 heteroatoms. The Morgan fingerprint density at radius 3 is 2.48 bits per heavy atom. The minimum Gasteiger partial charge on any atom is -0.507 e. The topological polar surface area (TPSA) is 51.8 Å². The lowest BCUT2D eigenvalue weighted by atomic mass is 10.0. The lowest BCUT2D eigenvalue weighted by molar-refractivity contribution is 0.401. The second-order valence-electron chi connectivity index (χ2n) is 5.44. The van der Waals surface area contributed by atoms with E-state index in [4.69, 9.17) is 13.9 Å². The Balaban J connectivity index is 2.30. The minimum atomic E-state index is 0.223. The summed E-state index contributed by atoms with van der Waals surface area (Å²) in [6, 6.07) is 3.62. The fraction of sp³-hybridized carbons (Fsp3) is 0.263. The summed E-state index contributed by atoms with van der Waals surface area (Å²) >= 11 is 0. The number of hydrogen-bond acceptors (Lipinski definition) is 4. The van der Waals surface area contributed by atoms with E-state index in [1.165, 1.54) is 5.57 Å². The van der Waals surface area contributed by atoms with E-state index in [9.17, 15) is 5.11 Å². The maximum atomic E-state index is 10.3. The van der Waals surface area contributed by atoms with E-state index in [1.807, 2.05) is 32.1 Å². The molecule has 0 aliphatic rings. The molecule has 0 amide bonds. The normalized spacial score (nSPS) is 10.8. The molecular weight excluding hydrogens is 292 g/mol. The molecule has 0 spiro atoms. The predicted octanol–water partition coefficient (Wildman–Crippen LogP) is 4.68. The zero-order valence-corrected chi connectivity index (χ0v) is 13.9. The largest absolute Gasteiger partial charge is 0.507 e. The number of phenolic OH excluding ortho intramolecular Hbond substituents is 1. The lowest BCUT2D eigenvalue weighted by Crippen LogP contribution is -1.93. The second-order valence-corrected chi connectivity index (χ2v) is 5.44. The van der Waals surface area contributed by atoms with Gasteiger partial charge in [0.15, 0.2) is 5.75 Å². The molecule has 1 heterocycles. The highest BCUT2D eigenvalue weighted by Gasteiger charge is 2.09. The van der Waals surface area contributed by atoms with Crippen molar-refractivity contribution in [2.24, 2.45) is 0 Å². The van der Waals surface area contributed by atoms with Gasteiger partial charge in [-0.3, -0.25) is 0 Å². The average molecular weight is 314 g/mol. The second kappa shape index (κ2) is 7.58. The van der Waals surface area contributed by atoms with Crippen LogP contribution in [0.15, 0.2) is 40.7 Å². The molecule has 0 bridgehead atoms. The number of allylic oxidation sites excluding steroid dienone is 2. The number of aromatic hydroxyl groups is 1. The van der Waals surface area contributed by atoms with Crippen molar-refractivity contribution in [1.29, 1.82) is 0 Å². The van der Waals surface area contributed by atoms with Gasteiger partial charge in [0.05, 0.1) is 19.8 Å². The Hall–Kier alpha value is -2.62. The first kappa shape index (κ1) is 16.7. The molecule has 0 radical (unpaired) electrons. The van der Waals surface area contributed by atoms with Crippen molar-refractivity contribution in [2.75, 3.05) is 14.2 Å². The summed E-state index contributed by atoms with van der Waals surface area (Å²) < 4.78 is 15.7. The van der Waals surface area contributed by atoms with Crippen LogP contribution in [0.3, 0.4) is 0 Å². The Kier molecular flexibility index (Phi) is 5.52. The van der Waals surface area contributed by atoms with Gasteiger partial charge in [-0.05, 0) is 44.0 Å². The maximum Gasteiger partial charge on any atom is 0.164 e. The molecule has 0 unspecified atom stereocenters. The van der Waals surface area contributed by atoms with Gasteiger partial charge in [-0.15, -0.1) is 0 Å². The van der Waals surface area contributed by atoms with Crippen LogP contribution in [0.4, 0.5) is 0 Å². The van der Waals surface area contributed by atoms with Crippen LogP contribution >= 0.6 is 0 Å². The highest BCUT2D eigenvalue weighted by atomic mass is 16.5. The van der Waals surface area contributed by atoms with Crippen LogP contribution in [-0.4, -0.2) is 19.3 Å². The van der Waals surface area contributed by atoms with Crippen molar-refractivity contribution in [3.05, 3.63) is 53.0 Å². The molecule has 122 valence electrons. The third-order valence-corrected chi connectivity index (χ3v) is 3.47. The summed E-state index contributed by atoms with van der Waals surface area (Å²) in [7, 11) is 3.20. The Labute approximate surface area is 136 Å². The Morgan fingerprint density at radius 1 is 1.09 bits per heavy atom. The van der Waals surface area contributed by atoms with E-state index >= 15 is 0 Å². The zero-order valence-electron chi connectivity index (χ0n) is 13.9. The molecule has 1 aromatic heterocycles. The maximum absolute atomic E-state index is 10.3. The minimum absolute atomic E-state index is 0.223. The van der Waals surface area contributed by atoms with Crippen LogP contribution in [0.5, 0.6) is 17.2 Å². The van der Waals surface area contributed by atoms with E-state index < -0.39 is 0 Å². The third-order valence-electron chi connectivity index (χ3n) is 3.47. The lowest BCUT2D eigenvalue weighted by Gasteiger charge is -2.10. The molecule has 0 saturated heterocycles. The van der Waals surface area contributed by atoms with Crippen molar-refractivity contribution in [2.45, 2.75) is 20.3 Å². The van der Waals surface area contributed by atoms with E-state index in [-0.39, 0.29) is 5.75 Å². The predicted molar refractivity (Wildman–Crippen MR) is 92.0 cm³/mol. The van der Waals surface area contributed by atoms with Crippen LogP contribution in [0.2, 0.25) is 0 Å². The van der Waals surface area contributed by atoms with Crippen LogP contribution in [0, 0.1) is 0 Å². The van der Waals surface area contributed by atoms with Gasteiger partial charge in [-0.2, -0.15) is 0 Å². The zero-order chi connectivity index (χ0) is 16.8. The van der Waals surface area contributed by atoms with Crippen LogP contribution in [-0.2, 0) is 6.42 Å². The van der Waals surface area contributed by atoms with E-state index in [0.717, 1.165) is 16.7 Å². The molecule has 0 atom stereocenters. The molecule has 0 fully saturated rings. The number of phenols is 1. The number of methoxy groups -OCH3 is 2. The van der Waals surface area contributed by atoms with Gasteiger partial charge in [-0.25, -0.2) is 0 Å². The number of hydrogen-bond donors (Lipinski definition) is 1. The Bertz CT molecular complexity index is 719. The Morgan fingerprint density at radius 2 is 1.83 bits per heavy atom. The fourth-order valence-corrected chi connectivity index (χ4v) is 2.21. The summed E-state index contributed by atoms with van der Waals surface area (Å²) in [5.41, 5.74) is 3.65. The highest BCUT2D eigenvalue weighted by Crippen LogP contribution is 2.32. The summed E-state index contributed by atoms with van der Waals surface area (Å²) in [5, 5.41) is 10.3. The monoisotopic (exact) mass is 314 g/mol. The van der Waals surface area contributed by atoms with Crippen LogP contribution in [0.25, 0.3) is 12.2 Å². The first-order chi connectivity index (χ1) is 11.0. The van der Waals surface area contributed by atoms with Gasteiger partial charge in [0.2, 0.25) is 0 Å². The molecule has 2 rings (SSSR count). The fourth-order valence-electron chi connectivity index (χ4n) is 2.21. The van der Waals surface area contributed by atoms with E-state index in [1.54, 1.807) is 32.8 Å². The van der Waals surface area contributed by atoms with Gasteiger partial charge in [-0.1, -0.05) is 17.7 Å². The van der Waals surface area contributed by atoms with Crippen LogP contribution < -0.4 is 9.47 Å². The van der Waals surface area contributed by atoms with Gasteiger partial charge >= 0.3 is 0 Å². The van der Waals surface area contributed by atoms with Gasteiger partial charge in [0, 0.05) is 5.56 Å². The molecule has 2 aromatic rings. The van der Waals surface area contributed by atoms with Gasteiger partial charge < -0.3 is 19.0 Å². The number of furan rings is 1. The standard InChI is InChI=1S/C19H22O4/c1-13(2)5-8-16-17(20)9-14(10-18(16)21-3)6-7-15-11-23-12-19(15)22-4/h5-7,9-12,20H,8H2,1-4H3/b7-6+. The molecule has 23 heavy (non-hydrogen) atoms. The summed E-state index contributed by atoms with van der Waals surface area (Å²) in [5.74, 6) is 1.56. The molecule has 0 saturated carbocycles. The molecule has 1 N–H and O–H groups in total. The summed E-state index contributed by atoms with van der Waals surface area (Å²) in [6.07, 6.45) is 9.59. The summed E-state index contributed by atoms with van der Waals surface area (Å²) in [4.78, 5) is 0. The number of ether oxygens (including phenoxy) is 2. The van der Waals surface area contributed by atoms with Crippen molar-refractivity contribution in [3.8, 4) is 17.2 Å². The first-order valence-corrected chi connectivity index (χ1v) is 7.36. The van der Waals surface area contributed by atoms with Crippen molar-refractivity contribution >= 4 is 12.2 Å². The van der Waals surface area contributed by atoms with Crippen LogP contribution in [0.1, 0.15) is 30.5 Å². The average Bonchev–Trinajstić information content (AvgIpc) is 2.98. The van der Waals surface area contributed by atoms with Gasteiger partial charge in [0.1, 0.15) is 24.0 Å². The quantitative estimate of drug-likeness (QED) is 0.786. The smallest absolute Gasteiger partial charge is 0.164 e. The third kappa shape index (κ3) is 4.19. The first-order valence-electron chi connectivity index (χ1n) is 7.36. The van der Waals surface area contributed by atoms with E-state index in [2.05, 4.69) is 6.08 Å². The molecule has 0 aliphatic carbocycles. The van der Waals surface area contributed by atoms with Gasteiger partial charge in [0.25, 0.3) is 0 Å². The number of rotatable bonds is 6. The van der Waals surface area contributed by atoms with Crippen molar-refractivity contribution in [1.82, 2.24) is 0 Å². The SMILES string of the molecule is COc1cocc1/C=C/c1cc(O)c(CC=C(C)C)c(OC)c1. The van der Waals surface area contributed by atoms with Crippen molar-refractivity contribution < 1.29 is 19.0 Å². The summed E-state index contributed by atoms with van der Waals surface area (Å²) in [6.45, 7) is 4.05. The van der Waals surface area contributed by atoms with E-state index in [0.29, 0.717) is 17.9 Å².